The first-order chi connectivity index (χ1) is 14.9. The number of benzene rings is 2. The minimum absolute atomic E-state index is 0. The summed E-state index contributed by atoms with van der Waals surface area (Å²) in [5, 5.41) is 4.12. The first-order valence-corrected chi connectivity index (χ1v) is 9.02. The predicted octanol–water partition coefficient (Wildman–Crippen LogP) is 4.03. The molecule has 1 fully saturated rings. The summed E-state index contributed by atoms with van der Waals surface area (Å²) in [6.45, 7) is 2.62. The highest BCUT2D eigenvalue weighted by Crippen LogP contribution is 2.19. The molecular formula is C22H26ClN3O. The highest BCUT2D eigenvalue weighted by Gasteiger charge is 2.21. The van der Waals surface area contributed by atoms with E-state index in [0.29, 0.717) is 0 Å². The standard InChI is InChI=1S/C22H25N3O.ClH/c26-22(17-6-2-1-3-7-17)24-19-11-14-25(15-12-19)13-10-18-16-23-21-9-5-4-8-20(18)21;/h1-9,16,19,23H,10-15H2,(H,24,26);1H/i1D,2D,3D,6D,7D;. The lowest BCUT2D eigenvalue weighted by molar-refractivity contribution is 0.0911. The van der Waals surface area contributed by atoms with Crippen LogP contribution in [0.1, 0.15) is 35.6 Å². The zero-order valence-electron chi connectivity index (χ0n) is 20.0. The van der Waals surface area contributed by atoms with Gasteiger partial charge in [0.05, 0.1) is 6.85 Å². The number of aromatic nitrogens is 1. The molecule has 0 radical (unpaired) electrons. The van der Waals surface area contributed by atoms with Crippen molar-refractivity contribution in [3.05, 3.63) is 71.8 Å². The molecule has 0 spiro atoms. The lowest BCUT2D eigenvalue weighted by Gasteiger charge is -2.32. The summed E-state index contributed by atoms with van der Waals surface area (Å²) in [5.41, 5.74) is 2.16. The Kier molecular flexibility index (Phi) is 4.64. The molecule has 4 rings (SSSR count). The van der Waals surface area contributed by atoms with E-state index in [0.717, 1.165) is 44.4 Å². The van der Waals surface area contributed by atoms with Gasteiger partial charge in [0.2, 0.25) is 0 Å². The van der Waals surface area contributed by atoms with Crippen LogP contribution in [0.4, 0.5) is 0 Å². The van der Waals surface area contributed by atoms with Crippen LogP contribution in [0.25, 0.3) is 10.9 Å². The molecule has 0 bridgehead atoms. The van der Waals surface area contributed by atoms with Crippen molar-refractivity contribution in [3.63, 3.8) is 0 Å². The maximum Gasteiger partial charge on any atom is 0.251 e. The molecule has 1 amide bonds. The van der Waals surface area contributed by atoms with Crippen LogP contribution >= 0.6 is 12.4 Å². The Labute approximate surface area is 173 Å². The Balaban J connectivity index is 0.00000289. The van der Waals surface area contributed by atoms with Crippen molar-refractivity contribution >= 4 is 29.2 Å². The fourth-order valence-corrected chi connectivity index (χ4v) is 3.54. The molecule has 1 aromatic heterocycles. The van der Waals surface area contributed by atoms with Gasteiger partial charge in [0.1, 0.15) is 0 Å². The lowest BCUT2D eigenvalue weighted by atomic mass is 10.0. The highest BCUT2D eigenvalue weighted by molar-refractivity contribution is 5.94. The maximum atomic E-state index is 12.7. The van der Waals surface area contributed by atoms with Gasteiger partial charge in [-0.15, -0.1) is 12.4 Å². The molecule has 2 heterocycles. The molecule has 2 aromatic carbocycles. The van der Waals surface area contributed by atoms with Gasteiger partial charge >= 0.3 is 0 Å². The van der Waals surface area contributed by atoms with E-state index >= 15 is 0 Å². The van der Waals surface area contributed by atoms with E-state index in [4.69, 9.17) is 6.85 Å². The molecular weight excluding hydrogens is 358 g/mol. The van der Waals surface area contributed by atoms with Crippen LogP contribution in [0.3, 0.4) is 0 Å². The van der Waals surface area contributed by atoms with Crippen molar-refractivity contribution < 1.29 is 11.6 Å². The van der Waals surface area contributed by atoms with Crippen molar-refractivity contribution in [1.82, 2.24) is 15.2 Å². The molecule has 1 aliphatic heterocycles. The van der Waals surface area contributed by atoms with Crippen molar-refractivity contribution in [2.75, 3.05) is 19.6 Å². The SMILES string of the molecule is Cl.[2H]c1c([2H])c([2H])c(C(=O)NC2CCN(CCc3c[nH]c4ccccc34)CC2)c([2H])c1[2H]. The molecule has 1 aliphatic rings. The van der Waals surface area contributed by atoms with E-state index in [1.807, 2.05) is 12.1 Å². The lowest BCUT2D eigenvalue weighted by Crippen LogP contribution is -2.45. The van der Waals surface area contributed by atoms with E-state index in [1.54, 1.807) is 0 Å². The second-order valence-corrected chi connectivity index (χ2v) is 6.70. The normalized spacial score (nSPS) is 18.0. The molecule has 0 aliphatic carbocycles. The predicted molar refractivity (Wildman–Crippen MR) is 113 cm³/mol. The van der Waals surface area contributed by atoms with Crippen LogP contribution in [0.5, 0.6) is 0 Å². The van der Waals surface area contributed by atoms with Crippen molar-refractivity contribution in [3.8, 4) is 0 Å². The third kappa shape index (κ3) is 4.71. The van der Waals surface area contributed by atoms with Crippen LogP contribution < -0.4 is 5.32 Å². The second kappa shape index (κ2) is 9.07. The summed E-state index contributed by atoms with van der Waals surface area (Å²) in [7, 11) is 0. The maximum absolute atomic E-state index is 12.7. The summed E-state index contributed by atoms with van der Waals surface area (Å²) < 4.78 is 39.0. The number of para-hydroxylation sites is 1. The number of nitrogens with one attached hydrogen (secondary N) is 2. The molecule has 3 aromatic rings. The van der Waals surface area contributed by atoms with Crippen LogP contribution in [0.2, 0.25) is 0 Å². The quantitative estimate of drug-likeness (QED) is 0.693. The zero-order chi connectivity index (χ0) is 22.1. The van der Waals surface area contributed by atoms with Gasteiger partial charge in [0.15, 0.2) is 0 Å². The smallest absolute Gasteiger partial charge is 0.251 e. The average Bonchev–Trinajstić information content (AvgIpc) is 3.19. The zero-order valence-corrected chi connectivity index (χ0v) is 15.8. The number of nitrogens with zero attached hydrogens (tertiary/aromatic N) is 1. The molecule has 27 heavy (non-hydrogen) atoms. The van der Waals surface area contributed by atoms with Gasteiger partial charge in [-0.05, 0) is 43.0 Å². The van der Waals surface area contributed by atoms with Gasteiger partial charge in [0, 0.05) is 48.3 Å². The van der Waals surface area contributed by atoms with E-state index in [9.17, 15) is 4.79 Å². The van der Waals surface area contributed by atoms with Crippen LogP contribution in [-0.2, 0) is 6.42 Å². The number of halogens is 1. The molecule has 4 nitrogen and oxygen atoms in total. The Hall–Kier alpha value is -2.30. The molecule has 2 N–H and O–H groups in total. The van der Waals surface area contributed by atoms with E-state index in [-0.39, 0.29) is 24.0 Å². The van der Waals surface area contributed by atoms with Gasteiger partial charge in [-0.2, -0.15) is 0 Å². The van der Waals surface area contributed by atoms with Crippen LogP contribution in [-0.4, -0.2) is 41.5 Å². The third-order valence-corrected chi connectivity index (χ3v) is 5.02. The first-order valence-electron chi connectivity index (χ1n) is 11.5. The number of fused-ring (bicyclic) bond motifs is 1. The van der Waals surface area contributed by atoms with E-state index < -0.39 is 36.1 Å². The summed E-state index contributed by atoms with van der Waals surface area (Å²) in [4.78, 5) is 18.3. The molecule has 5 heteroatoms. The number of H-pyrrole nitrogens is 1. The second-order valence-electron chi connectivity index (χ2n) is 6.70. The fourth-order valence-electron chi connectivity index (χ4n) is 3.54. The fraction of sp³-hybridized carbons (Fsp3) is 0.318. The summed E-state index contributed by atoms with van der Waals surface area (Å²) in [6, 6.07) is 5.81. The van der Waals surface area contributed by atoms with Gasteiger partial charge in [-0.1, -0.05) is 36.3 Å². The Morgan fingerprint density at radius 2 is 1.93 bits per heavy atom. The van der Waals surface area contributed by atoms with Gasteiger partial charge < -0.3 is 15.2 Å². The highest BCUT2D eigenvalue weighted by atomic mass is 35.5. The van der Waals surface area contributed by atoms with Gasteiger partial charge in [-0.3, -0.25) is 4.79 Å². The topological polar surface area (TPSA) is 48.1 Å². The number of piperidine rings is 1. The van der Waals surface area contributed by atoms with Crippen LogP contribution in [0, 0.1) is 0 Å². The number of likely N-dealkylation sites (tertiary alicyclic amines) is 1. The summed E-state index contributed by atoms with van der Waals surface area (Å²) >= 11 is 0. The minimum Gasteiger partial charge on any atom is -0.361 e. The number of hydrogen-bond acceptors (Lipinski definition) is 2. The number of carbonyl (C=O) groups excluding carboxylic acids is 1. The van der Waals surface area contributed by atoms with Gasteiger partial charge in [0.25, 0.3) is 5.91 Å². The molecule has 0 unspecified atom stereocenters. The Bertz CT molecular complexity index is 1100. The molecule has 0 atom stereocenters. The molecule has 1 saturated heterocycles. The largest absolute Gasteiger partial charge is 0.361 e. The van der Waals surface area contributed by atoms with Crippen molar-refractivity contribution in [1.29, 1.82) is 0 Å². The van der Waals surface area contributed by atoms with Crippen molar-refractivity contribution in [2.45, 2.75) is 25.3 Å². The molecule has 142 valence electrons. The Morgan fingerprint density at radius 3 is 2.70 bits per heavy atom. The van der Waals surface area contributed by atoms with Crippen LogP contribution in [0.15, 0.2) is 60.7 Å². The number of aromatic amines is 1. The number of amides is 1. The number of carbonyl (C=O) groups is 1. The summed E-state index contributed by atoms with van der Waals surface area (Å²) in [6.07, 6.45) is 4.54. The minimum atomic E-state index is -0.603. The first kappa shape index (κ1) is 13.8. The number of hydrogen-bond donors (Lipinski definition) is 2. The summed E-state index contributed by atoms with van der Waals surface area (Å²) in [5.74, 6) is -0.603. The molecule has 0 saturated carbocycles. The van der Waals surface area contributed by atoms with E-state index in [1.165, 1.54) is 10.9 Å². The average molecular weight is 389 g/mol. The third-order valence-electron chi connectivity index (χ3n) is 5.02. The van der Waals surface area contributed by atoms with E-state index in [2.05, 4.69) is 33.5 Å². The Morgan fingerprint density at radius 1 is 1.19 bits per heavy atom. The van der Waals surface area contributed by atoms with Crippen molar-refractivity contribution in [2.24, 2.45) is 0 Å². The van der Waals surface area contributed by atoms with Gasteiger partial charge in [-0.25, -0.2) is 0 Å². The monoisotopic (exact) mass is 388 g/mol. The number of rotatable bonds is 5.